The van der Waals surface area contributed by atoms with E-state index in [4.69, 9.17) is 0 Å². The molecule has 4 nitrogen and oxygen atoms in total. The summed E-state index contributed by atoms with van der Waals surface area (Å²) in [6.45, 7) is 12.1. The second-order valence-electron chi connectivity index (χ2n) is 7.34. The highest BCUT2D eigenvalue weighted by Gasteiger charge is 2.16. The van der Waals surface area contributed by atoms with Crippen molar-refractivity contribution < 1.29 is 0 Å². The molecule has 4 heteroatoms. The third-order valence-corrected chi connectivity index (χ3v) is 4.72. The highest BCUT2D eigenvalue weighted by atomic mass is 15.2. The zero-order valence-corrected chi connectivity index (χ0v) is 17.3. The number of rotatable bonds is 7. The predicted octanol–water partition coefficient (Wildman–Crippen LogP) is 5.27. The third kappa shape index (κ3) is 6.55. The number of nitrogens with zero attached hydrogens (tertiary/aromatic N) is 3. The van der Waals surface area contributed by atoms with Gasteiger partial charge in [-0.05, 0) is 77.0 Å². The summed E-state index contributed by atoms with van der Waals surface area (Å²) in [6.07, 6.45) is 17.7. The zero-order chi connectivity index (χ0) is 19.8. The van der Waals surface area contributed by atoms with Gasteiger partial charge in [-0.2, -0.15) is 10.2 Å². The van der Waals surface area contributed by atoms with Crippen LogP contribution in [0.4, 0.5) is 0 Å². The Hall–Kier alpha value is -2.62. The second-order valence-corrected chi connectivity index (χ2v) is 7.34. The van der Waals surface area contributed by atoms with Crippen LogP contribution in [-0.2, 0) is 0 Å². The number of nitrogens with one attached hydrogen (secondary N) is 1. The molecule has 2 aliphatic rings. The van der Waals surface area contributed by atoms with Gasteiger partial charge in [0.15, 0.2) is 0 Å². The predicted molar refractivity (Wildman–Crippen MR) is 118 cm³/mol. The summed E-state index contributed by atoms with van der Waals surface area (Å²) in [5.74, 6) is 0. The molecule has 0 saturated carbocycles. The van der Waals surface area contributed by atoms with E-state index in [1.54, 1.807) is 6.08 Å². The Bertz CT molecular complexity index is 772. The fraction of sp³-hybridized carbons (Fsp3) is 0.391. The van der Waals surface area contributed by atoms with E-state index >= 15 is 0 Å². The summed E-state index contributed by atoms with van der Waals surface area (Å²) in [7, 11) is 2.11. The molecule has 1 N–H and O–H groups in total. The molecule has 0 aromatic carbocycles. The first-order valence-electron chi connectivity index (χ1n) is 9.51. The molecule has 1 atom stereocenters. The Morgan fingerprint density at radius 2 is 1.96 bits per heavy atom. The standard InChI is InChI=1S/C23H32N4/c1-7-8-22(24-23-14-10-18(3)16-27(23)6)13-11-19(4)25-26-20(5)21-12-9-17(2)15-21/h7-9,11-13,16,23-24H,1,10,14-15H2,2-6H3/b13-11+,22-8-,25-19+,26-20+. The monoisotopic (exact) mass is 364 g/mol. The molecule has 0 spiro atoms. The van der Waals surface area contributed by atoms with Crippen LogP contribution < -0.4 is 5.32 Å². The molecule has 0 bridgehead atoms. The van der Waals surface area contributed by atoms with Gasteiger partial charge in [-0.3, -0.25) is 0 Å². The maximum absolute atomic E-state index is 4.38. The summed E-state index contributed by atoms with van der Waals surface area (Å²) in [6, 6.07) is 0. The fourth-order valence-corrected chi connectivity index (χ4v) is 3.09. The largest absolute Gasteiger partial charge is 0.365 e. The van der Waals surface area contributed by atoms with Crippen molar-refractivity contribution in [2.75, 3.05) is 7.05 Å². The minimum atomic E-state index is 0.284. The van der Waals surface area contributed by atoms with Crippen molar-refractivity contribution in [1.29, 1.82) is 0 Å². The van der Waals surface area contributed by atoms with Crippen LogP contribution in [0.5, 0.6) is 0 Å². The van der Waals surface area contributed by atoms with E-state index in [2.05, 4.69) is 66.2 Å². The van der Waals surface area contributed by atoms with Crippen molar-refractivity contribution >= 4 is 11.4 Å². The zero-order valence-electron chi connectivity index (χ0n) is 17.3. The van der Waals surface area contributed by atoms with E-state index in [9.17, 15) is 0 Å². The number of hydrogen-bond donors (Lipinski definition) is 1. The average molecular weight is 365 g/mol. The smallest absolute Gasteiger partial charge is 0.0984 e. The van der Waals surface area contributed by atoms with Crippen LogP contribution in [0, 0.1) is 0 Å². The van der Waals surface area contributed by atoms with Gasteiger partial charge in [0, 0.05) is 12.7 Å². The molecular weight excluding hydrogens is 332 g/mol. The Morgan fingerprint density at radius 3 is 2.59 bits per heavy atom. The Balaban J connectivity index is 2.00. The molecule has 1 aliphatic heterocycles. The van der Waals surface area contributed by atoms with E-state index < -0.39 is 0 Å². The minimum Gasteiger partial charge on any atom is -0.365 e. The molecule has 0 radical (unpaired) electrons. The first-order chi connectivity index (χ1) is 12.9. The number of hydrogen-bond acceptors (Lipinski definition) is 4. The molecule has 27 heavy (non-hydrogen) atoms. The molecule has 0 amide bonds. The molecule has 1 unspecified atom stereocenters. The highest BCUT2D eigenvalue weighted by Crippen LogP contribution is 2.20. The molecule has 2 rings (SSSR count). The van der Waals surface area contributed by atoms with Crippen molar-refractivity contribution in [3.8, 4) is 0 Å². The van der Waals surface area contributed by atoms with E-state index in [-0.39, 0.29) is 6.17 Å². The summed E-state index contributed by atoms with van der Waals surface area (Å²) >= 11 is 0. The fourth-order valence-electron chi connectivity index (χ4n) is 3.09. The van der Waals surface area contributed by atoms with Crippen LogP contribution in [0.25, 0.3) is 0 Å². The maximum Gasteiger partial charge on any atom is 0.0984 e. The van der Waals surface area contributed by atoms with Crippen molar-refractivity contribution in [2.24, 2.45) is 10.2 Å². The Kier molecular flexibility index (Phi) is 7.59. The first-order valence-corrected chi connectivity index (χ1v) is 9.51. The first kappa shape index (κ1) is 20.7. The van der Waals surface area contributed by atoms with E-state index in [1.807, 2.05) is 32.1 Å². The SMILES string of the molecule is C=C/C=C(/C=C/C(C)=N/N=C(\C)C1=CC=C(C)C1)NC1CCC(C)=CN1C. The lowest BCUT2D eigenvalue weighted by Gasteiger charge is -2.33. The summed E-state index contributed by atoms with van der Waals surface area (Å²) in [5, 5.41) is 12.3. The number of allylic oxidation sites excluding steroid dienone is 9. The quantitative estimate of drug-likeness (QED) is 0.380. The summed E-state index contributed by atoms with van der Waals surface area (Å²) in [5.41, 5.74) is 6.88. The van der Waals surface area contributed by atoms with Crippen LogP contribution in [0.1, 0.15) is 47.0 Å². The van der Waals surface area contributed by atoms with E-state index in [0.717, 1.165) is 36.4 Å². The second kappa shape index (κ2) is 9.91. The maximum atomic E-state index is 4.38. The van der Waals surface area contributed by atoms with Gasteiger partial charge in [0.25, 0.3) is 0 Å². The topological polar surface area (TPSA) is 40.0 Å². The van der Waals surface area contributed by atoms with Crippen molar-refractivity contribution in [3.63, 3.8) is 0 Å². The Labute approximate surface area is 164 Å². The summed E-state index contributed by atoms with van der Waals surface area (Å²) < 4.78 is 0. The van der Waals surface area contributed by atoms with Gasteiger partial charge in [-0.15, -0.1) is 0 Å². The van der Waals surface area contributed by atoms with E-state index in [1.165, 1.54) is 16.7 Å². The molecule has 0 aromatic heterocycles. The highest BCUT2D eigenvalue weighted by molar-refractivity contribution is 6.00. The molecule has 0 saturated heterocycles. The van der Waals surface area contributed by atoms with Gasteiger partial charge in [0.05, 0.1) is 17.6 Å². The van der Waals surface area contributed by atoms with Crippen LogP contribution in [0.15, 0.2) is 81.9 Å². The third-order valence-electron chi connectivity index (χ3n) is 4.72. The van der Waals surface area contributed by atoms with Gasteiger partial charge in [0.1, 0.15) is 0 Å². The molecular formula is C23H32N4. The molecule has 144 valence electrons. The van der Waals surface area contributed by atoms with E-state index in [0.29, 0.717) is 0 Å². The lowest BCUT2D eigenvalue weighted by molar-refractivity contribution is 0.261. The van der Waals surface area contributed by atoms with Crippen LogP contribution >= 0.6 is 0 Å². The van der Waals surface area contributed by atoms with Crippen molar-refractivity contribution in [3.05, 3.63) is 71.7 Å². The van der Waals surface area contributed by atoms with Gasteiger partial charge in [-0.25, -0.2) is 0 Å². The molecule has 0 aromatic rings. The van der Waals surface area contributed by atoms with Crippen LogP contribution in [-0.4, -0.2) is 29.5 Å². The minimum absolute atomic E-state index is 0.284. The lowest BCUT2D eigenvalue weighted by atomic mass is 10.1. The molecule has 0 fully saturated rings. The lowest BCUT2D eigenvalue weighted by Crippen LogP contribution is -2.42. The van der Waals surface area contributed by atoms with Crippen molar-refractivity contribution in [1.82, 2.24) is 10.2 Å². The van der Waals surface area contributed by atoms with Crippen molar-refractivity contribution in [2.45, 2.75) is 53.1 Å². The van der Waals surface area contributed by atoms with Gasteiger partial charge in [-0.1, -0.05) is 36.0 Å². The normalized spacial score (nSPS) is 22.0. The van der Waals surface area contributed by atoms with Gasteiger partial charge >= 0.3 is 0 Å². The molecule has 1 heterocycles. The molecule has 1 aliphatic carbocycles. The van der Waals surface area contributed by atoms with Gasteiger partial charge in [0.2, 0.25) is 0 Å². The van der Waals surface area contributed by atoms with Crippen LogP contribution in [0.3, 0.4) is 0 Å². The van der Waals surface area contributed by atoms with Crippen LogP contribution in [0.2, 0.25) is 0 Å². The Morgan fingerprint density at radius 1 is 1.19 bits per heavy atom. The summed E-state index contributed by atoms with van der Waals surface area (Å²) in [4.78, 5) is 2.23. The average Bonchev–Trinajstić information content (AvgIpc) is 3.06. The van der Waals surface area contributed by atoms with Gasteiger partial charge < -0.3 is 10.2 Å².